The molecule has 9 nitrogen and oxygen atoms in total. The molecule has 0 radical (unpaired) electrons. The molecule has 3 aromatic rings. The lowest BCUT2D eigenvalue weighted by Gasteiger charge is -2.35. The van der Waals surface area contributed by atoms with Gasteiger partial charge in [-0.05, 0) is 43.4 Å². The Balaban J connectivity index is 1.49. The van der Waals surface area contributed by atoms with E-state index in [4.69, 9.17) is 10.3 Å². The van der Waals surface area contributed by atoms with Crippen molar-refractivity contribution in [3.05, 3.63) is 53.0 Å². The molecule has 10 heteroatoms. The Morgan fingerprint density at radius 3 is 2.69 bits per heavy atom. The smallest absolute Gasteiger partial charge is 0.238 e. The van der Waals surface area contributed by atoms with Crippen LogP contribution in [-0.4, -0.2) is 56.1 Å². The summed E-state index contributed by atoms with van der Waals surface area (Å²) in [5.41, 5.74) is 11.5. The van der Waals surface area contributed by atoms with Crippen molar-refractivity contribution in [3.8, 4) is 10.4 Å². The number of aryl methyl sites for hydroxylation is 1. The fourth-order valence-electron chi connectivity index (χ4n) is 4.89. The van der Waals surface area contributed by atoms with E-state index in [1.807, 2.05) is 45.9 Å². The number of nitrogen functional groups attached to an aromatic ring is 1. The number of hydrogen-bond donors (Lipinski definition) is 4. The van der Waals surface area contributed by atoms with Crippen molar-refractivity contribution in [2.75, 3.05) is 12.3 Å². The normalized spacial score (nSPS) is 21.2. The predicted octanol–water partition coefficient (Wildman–Crippen LogP) is 3.06. The van der Waals surface area contributed by atoms with E-state index in [0.29, 0.717) is 11.4 Å². The number of nitrogens with two attached hydrogens (primary N) is 1. The highest BCUT2D eigenvalue weighted by Gasteiger charge is 2.44. The average Bonchev–Trinajstić information content (AvgIpc) is 3.55. The number of hydrogen-bond acceptors (Lipinski definition) is 9. The molecule has 188 valence electrons. The average molecular weight is 500 g/mol. The molecule has 3 heterocycles. The Labute approximate surface area is 209 Å². The topological polar surface area (TPSA) is 138 Å². The maximum atomic E-state index is 13.3. The maximum Gasteiger partial charge on any atom is 0.238 e. The van der Waals surface area contributed by atoms with Crippen LogP contribution in [0.3, 0.4) is 0 Å². The molecule has 5 N–H and O–H groups in total. The second kappa shape index (κ2) is 10.4. The SMILES string of the molecule is Cc1ncsc1-c1ccc([C@H](C)NC(=O)[C@@H]2C[C@@H](O)CN2C(O)[C@H](c2ccno2)C(C)C)c(N)c1. The van der Waals surface area contributed by atoms with Gasteiger partial charge in [0.2, 0.25) is 5.91 Å². The third-order valence-corrected chi connectivity index (χ3v) is 7.68. The lowest BCUT2D eigenvalue weighted by atomic mass is 9.90. The van der Waals surface area contributed by atoms with Gasteiger partial charge in [-0.3, -0.25) is 9.69 Å². The number of β-amino-alcohol motifs (C(OH)–C–C–N with tert-alkyl or cyclic N) is 1. The maximum absolute atomic E-state index is 13.3. The Morgan fingerprint density at radius 2 is 2.09 bits per heavy atom. The van der Waals surface area contributed by atoms with Gasteiger partial charge in [-0.1, -0.05) is 31.1 Å². The van der Waals surface area contributed by atoms with Crippen LogP contribution in [0.5, 0.6) is 0 Å². The number of nitrogens with one attached hydrogen (secondary N) is 1. The largest absolute Gasteiger partial charge is 0.398 e. The van der Waals surface area contributed by atoms with Crippen molar-refractivity contribution < 1.29 is 19.5 Å². The Bertz CT molecular complexity index is 1150. The minimum absolute atomic E-state index is 0.0267. The van der Waals surface area contributed by atoms with Crippen LogP contribution in [0.15, 0.2) is 40.5 Å². The molecule has 4 rings (SSSR count). The second-order valence-corrected chi connectivity index (χ2v) is 10.4. The van der Waals surface area contributed by atoms with Gasteiger partial charge in [0, 0.05) is 18.3 Å². The first-order valence-corrected chi connectivity index (χ1v) is 12.7. The van der Waals surface area contributed by atoms with Crippen LogP contribution in [0.25, 0.3) is 10.4 Å². The first kappa shape index (κ1) is 25.3. The van der Waals surface area contributed by atoms with Gasteiger partial charge in [-0.15, -0.1) is 11.3 Å². The van der Waals surface area contributed by atoms with Gasteiger partial charge in [-0.25, -0.2) is 4.98 Å². The minimum atomic E-state index is -1.02. The van der Waals surface area contributed by atoms with Gasteiger partial charge in [0.25, 0.3) is 0 Å². The molecule has 0 aliphatic carbocycles. The fraction of sp³-hybridized carbons (Fsp3) is 0.480. The van der Waals surface area contributed by atoms with Crippen LogP contribution in [0.4, 0.5) is 5.69 Å². The van der Waals surface area contributed by atoms with E-state index in [-0.39, 0.29) is 30.8 Å². The molecule has 0 bridgehead atoms. The lowest BCUT2D eigenvalue weighted by molar-refractivity contribution is -0.131. The zero-order chi connectivity index (χ0) is 25.3. The summed E-state index contributed by atoms with van der Waals surface area (Å²) in [6.07, 6.45) is 0.0349. The molecular formula is C25H33N5O4S. The molecule has 5 atom stereocenters. The molecule has 1 aliphatic heterocycles. The number of rotatable bonds is 8. The third-order valence-electron chi connectivity index (χ3n) is 6.71. The minimum Gasteiger partial charge on any atom is -0.398 e. The number of nitrogens with zero attached hydrogens (tertiary/aromatic N) is 3. The highest BCUT2D eigenvalue weighted by molar-refractivity contribution is 7.13. The second-order valence-electron chi connectivity index (χ2n) is 9.54. The molecule has 1 unspecified atom stereocenters. The zero-order valence-corrected chi connectivity index (χ0v) is 21.2. The molecule has 2 aromatic heterocycles. The highest BCUT2D eigenvalue weighted by atomic mass is 32.1. The quantitative estimate of drug-likeness (QED) is 0.347. The van der Waals surface area contributed by atoms with E-state index >= 15 is 0 Å². The number of aromatic nitrogens is 2. The first-order valence-electron chi connectivity index (χ1n) is 11.8. The van der Waals surface area contributed by atoms with Crippen LogP contribution >= 0.6 is 11.3 Å². The molecule has 0 spiro atoms. The number of amides is 1. The number of benzene rings is 1. The summed E-state index contributed by atoms with van der Waals surface area (Å²) < 4.78 is 5.32. The van der Waals surface area contributed by atoms with Crippen LogP contribution in [-0.2, 0) is 4.79 Å². The molecular weight excluding hydrogens is 466 g/mol. The Hall–Kier alpha value is -2.79. The monoisotopic (exact) mass is 499 g/mol. The van der Waals surface area contributed by atoms with Gasteiger partial charge in [0.05, 0.1) is 46.4 Å². The molecule has 1 amide bonds. The summed E-state index contributed by atoms with van der Waals surface area (Å²) in [7, 11) is 0. The molecule has 0 saturated carbocycles. The standard InChI is InChI=1S/C25H33N5O4S/c1-13(2)22(21-7-8-28-34-21)25(33)30-11-17(31)10-20(30)24(32)29-14(3)18-6-5-16(9-19(18)26)23-15(4)27-12-35-23/h5-9,12-14,17,20,22,25,31,33H,10-11,26H2,1-4H3,(H,29,32)/t14-,17+,20-,22-,25?/m0/s1. The number of thiazole rings is 1. The van der Waals surface area contributed by atoms with Crippen LogP contribution in [0.1, 0.15) is 56.2 Å². The predicted molar refractivity (Wildman–Crippen MR) is 134 cm³/mol. The number of anilines is 1. The summed E-state index contributed by atoms with van der Waals surface area (Å²) in [6.45, 7) is 7.97. The number of carbonyl (C=O) groups excluding carboxylic acids is 1. The van der Waals surface area contributed by atoms with Crippen LogP contribution in [0.2, 0.25) is 0 Å². The van der Waals surface area contributed by atoms with Gasteiger partial charge in [-0.2, -0.15) is 0 Å². The molecule has 1 aromatic carbocycles. The van der Waals surface area contributed by atoms with Crippen LogP contribution in [0, 0.1) is 12.8 Å². The summed E-state index contributed by atoms with van der Waals surface area (Å²) >= 11 is 1.56. The summed E-state index contributed by atoms with van der Waals surface area (Å²) in [4.78, 5) is 20.3. The third kappa shape index (κ3) is 5.25. The number of aliphatic hydroxyl groups excluding tert-OH is 2. The van der Waals surface area contributed by atoms with E-state index in [9.17, 15) is 15.0 Å². The van der Waals surface area contributed by atoms with E-state index in [1.165, 1.54) is 6.20 Å². The molecule has 1 saturated heterocycles. The summed E-state index contributed by atoms with van der Waals surface area (Å²) in [5, 5.41) is 28.4. The van der Waals surface area contributed by atoms with E-state index in [1.54, 1.807) is 27.8 Å². The summed E-state index contributed by atoms with van der Waals surface area (Å²) in [6, 6.07) is 6.48. The Kier molecular flexibility index (Phi) is 7.56. The first-order chi connectivity index (χ1) is 16.7. The van der Waals surface area contributed by atoms with E-state index in [2.05, 4.69) is 15.5 Å². The highest BCUT2D eigenvalue weighted by Crippen LogP contribution is 2.35. The lowest BCUT2D eigenvalue weighted by Crippen LogP contribution is -2.50. The van der Waals surface area contributed by atoms with E-state index < -0.39 is 24.3 Å². The van der Waals surface area contributed by atoms with Crippen molar-refractivity contribution in [3.63, 3.8) is 0 Å². The Morgan fingerprint density at radius 1 is 1.31 bits per heavy atom. The molecule has 1 fully saturated rings. The van der Waals surface area contributed by atoms with Gasteiger partial charge >= 0.3 is 0 Å². The fourth-order valence-corrected chi connectivity index (χ4v) is 5.69. The van der Waals surface area contributed by atoms with Crippen molar-refractivity contribution in [2.45, 2.75) is 64.4 Å². The number of likely N-dealkylation sites (tertiary alicyclic amines) is 1. The van der Waals surface area contributed by atoms with Gasteiger partial charge < -0.3 is 25.8 Å². The summed E-state index contributed by atoms with van der Waals surface area (Å²) in [5.74, 6) is -0.0897. The van der Waals surface area contributed by atoms with Gasteiger partial charge in [0.15, 0.2) is 0 Å². The van der Waals surface area contributed by atoms with Crippen LogP contribution < -0.4 is 11.1 Å². The van der Waals surface area contributed by atoms with Crippen molar-refractivity contribution in [1.82, 2.24) is 20.4 Å². The zero-order valence-electron chi connectivity index (χ0n) is 20.4. The van der Waals surface area contributed by atoms with E-state index in [0.717, 1.165) is 21.7 Å². The number of carbonyl (C=O) groups is 1. The number of aliphatic hydroxyl groups is 2. The van der Waals surface area contributed by atoms with Crippen molar-refractivity contribution >= 4 is 22.9 Å². The van der Waals surface area contributed by atoms with Gasteiger partial charge in [0.1, 0.15) is 12.0 Å². The van der Waals surface area contributed by atoms with Crippen molar-refractivity contribution in [2.24, 2.45) is 5.92 Å². The molecule has 35 heavy (non-hydrogen) atoms. The van der Waals surface area contributed by atoms with Crippen molar-refractivity contribution in [1.29, 1.82) is 0 Å². The molecule has 1 aliphatic rings.